The maximum atomic E-state index is 12.1. The Bertz CT molecular complexity index is 597. The fraction of sp³-hybridized carbons (Fsp3) is 0.438. The summed E-state index contributed by atoms with van der Waals surface area (Å²) in [6.45, 7) is 4.14. The summed E-state index contributed by atoms with van der Waals surface area (Å²) in [4.78, 5) is 37.7. The SMILES string of the molecule is COc1ccc(OCCN2C(=O)C(=O)N(CC(C)C)C2=O)cc1. The van der Waals surface area contributed by atoms with Crippen molar-refractivity contribution >= 4 is 17.8 Å². The van der Waals surface area contributed by atoms with Crippen molar-refractivity contribution in [3.05, 3.63) is 24.3 Å². The van der Waals surface area contributed by atoms with Gasteiger partial charge in [-0.25, -0.2) is 4.79 Å². The highest BCUT2D eigenvalue weighted by molar-refractivity contribution is 6.44. The molecule has 1 aliphatic heterocycles. The van der Waals surface area contributed by atoms with Gasteiger partial charge in [0.25, 0.3) is 0 Å². The summed E-state index contributed by atoms with van der Waals surface area (Å²) in [7, 11) is 1.57. The van der Waals surface area contributed by atoms with Gasteiger partial charge in [0.2, 0.25) is 0 Å². The largest absolute Gasteiger partial charge is 0.497 e. The van der Waals surface area contributed by atoms with Crippen molar-refractivity contribution in [1.82, 2.24) is 9.80 Å². The molecule has 1 aliphatic rings. The molecule has 0 bridgehead atoms. The summed E-state index contributed by atoms with van der Waals surface area (Å²) in [6.07, 6.45) is 0. The van der Waals surface area contributed by atoms with Crippen LogP contribution >= 0.6 is 0 Å². The first-order valence-electron chi connectivity index (χ1n) is 7.38. The highest BCUT2D eigenvalue weighted by Gasteiger charge is 2.44. The van der Waals surface area contributed by atoms with E-state index in [0.717, 1.165) is 9.80 Å². The van der Waals surface area contributed by atoms with Gasteiger partial charge >= 0.3 is 17.8 Å². The molecule has 1 saturated heterocycles. The second-order valence-electron chi connectivity index (χ2n) is 5.57. The molecule has 7 nitrogen and oxygen atoms in total. The van der Waals surface area contributed by atoms with E-state index < -0.39 is 17.8 Å². The van der Waals surface area contributed by atoms with Gasteiger partial charge in [-0.2, -0.15) is 0 Å². The zero-order valence-corrected chi connectivity index (χ0v) is 13.4. The smallest absolute Gasteiger partial charge is 0.334 e. The molecule has 23 heavy (non-hydrogen) atoms. The summed E-state index contributed by atoms with van der Waals surface area (Å²) in [6, 6.07) is 6.36. The van der Waals surface area contributed by atoms with Crippen LogP contribution in [0.4, 0.5) is 4.79 Å². The molecule has 0 radical (unpaired) electrons. The van der Waals surface area contributed by atoms with E-state index in [2.05, 4.69) is 0 Å². The summed E-state index contributed by atoms with van der Waals surface area (Å²) >= 11 is 0. The molecule has 7 heteroatoms. The van der Waals surface area contributed by atoms with Crippen LogP contribution in [0.25, 0.3) is 0 Å². The molecule has 2 rings (SSSR count). The Morgan fingerprint density at radius 2 is 1.52 bits per heavy atom. The van der Waals surface area contributed by atoms with Crippen LogP contribution in [0.5, 0.6) is 11.5 Å². The second kappa shape index (κ2) is 7.13. The van der Waals surface area contributed by atoms with Crippen LogP contribution < -0.4 is 9.47 Å². The Balaban J connectivity index is 1.90. The maximum absolute atomic E-state index is 12.1. The Morgan fingerprint density at radius 1 is 0.957 bits per heavy atom. The van der Waals surface area contributed by atoms with Gasteiger partial charge < -0.3 is 9.47 Å². The minimum Gasteiger partial charge on any atom is -0.497 e. The van der Waals surface area contributed by atoms with E-state index in [-0.39, 0.29) is 25.6 Å². The van der Waals surface area contributed by atoms with E-state index in [1.54, 1.807) is 31.4 Å². The number of hydrogen-bond acceptors (Lipinski definition) is 5. The van der Waals surface area contributed by atoms with Crippen molar-refractivity contribution in [1.29, 1.82) is 0 Å². The lowest BCUT2D eigenvalue weighted by Crippen LogP contribution is -2.37. The molecule has 0 saturated carbocycles. The third-order valence-corrected chi connectivity index (χ3v) is 3.33. The van der Waals surface area contributed by atoms with E-state index in [1.165, 1.54) is 0 Å². The number of methoxy groups -OCH3 is 1. The average Bonchev–Trinajstić information content (AvgIpc) is 2.73. The highest BCUT2D eigenvalue weighted by Crippen LogP contribution is 2.18. The summed E-state index contributed by atoms with van der Waals surface area (Å²) in [5, 5.41) is 0. The first kappa shape index (κ1) is 16.8. The summed E-state index contributed by atoms with van der Waals surface area (Å²) in [5.74, 6) is -0.166. The predicted octanol–water partition coefficient (Wildman–Crippen LogP) is 1.52. The number of imide groups is 2. The van der Waals surface area contributed by atoms with Gasteiger partial charge in [-0.15, -0.1) is 0 Å². The molecule has 1 aromatic rings. The zero-order valence-electron chi connectivity index (χ0n) is 13.4. The number of carbonyl (C=O) groups is 3. The van der Waals surface area contributed by atoms with Crippen LogP contribution in [0.3, 0.4) is 0 Å². The van der Waals surface area contributed by atoms with Gasteiger partial charge in [-0.05, 0) is 30.2 Å². The zero-order chi connectivity index (χ0) is 17.0. The van der Waals surface area contributed by atoms with Crippen LogP contribution in [-0.4, -0.2) is 54.5 Å². The molecule has 1 aromatic carbocycles. The van der Waals surface area contributed by atoms with Crippen LogP contribution in [-0.2, 0) is 9.59 Å². The van der Waals surface area contributed by atoms with Crippen molar-refractivity contribution in [2.45, 2.75) is 13.8 Å². The second-order valence-corrected chi connectivity index (χ2v) is 5.57. The Labute approximate surface area is 134 Å². The van der Waals surface area contributed by atoms with Crippen molar-refractivity contribution in [3.8, 4) is 11.5 Å². The number of benzene rings is 1. The lowest BCUT2D eigenvalue weighted by Gasteiger charge is -2.17. The molecule has 1 heterocycles. The first-order valence-corrected chi connectivity index (χ1v) is 7.38. The van der Waals surface area contributed by atoms with Crippen molar-refractivity contribution in [3.63, 3.8) is 0 Å². The number of hydrogen-bond donors (Lipinski definition) is 0. The Kier molecular flexibility index (Phi) is 5.20. The number of nitrogens with zero attached hydrogens (tertiary/aromatic N) is 2. The van der Waals surface area contributed by atoms with E-state index in [4.69, 9.17) is 9.47 Å². The van der Waals surface area contributed by atoms with Gasteiger partial charge in [-0.1, -0.05) is 13.8 Å². The van der Waals surface area contributed by atoms with Crippen molar-refractivity contribution in [2.24, 2.45) is 5.92 Å². The highest BCUT2D eigenvalue weighted by atomic mass is 16.5. The normalized spacial score (nSPS) is 14.9. The average molecular weight is 320 g/mol. The molecule has 0 atom stereocenters. The molecule has 124 valence electrons. The van der Waals surface area contributed by atoms with Gasteiger partial charge in [0.1, 0.15) is 18.1 Å². The molecule has 4 amide bonds. The molecular formula is C16H20N2O5. The van der Waals surface area contributed by atoms with Gasteiger partial charge in [-0.3, -0.25) is 19.4 Å². The Morgan fingerprint density at radius 3 is 2.09 bits per heavy atom. The minimum absolute atomic E-state index is 0.0318. The van der Waals surface area contributed by atoms with Crippen molar-refractivity contribution < 1.29 is 23.9 Å². The topological polar surface area (TPSA) is 76.2 Å². The molecule has 1 fully saturated rings. The molecular weight excluding hydrogens is 300 g/mol. The van der Waals surface area contributed by atoms with E-state index in [0.29, 0.717) is 11.5 Å². The number of urea groups is 1. The fourth-order valence-electron chi connectivity index (χ4n) is 2.20. The minimum atomic E-state index is -0.797. The molecule has 0 unspecified atom stereocenters. The third-order valence-electron chi connectivity index (χ3n) is 3.33. The van der Waals surface area contributed by atoms with Gasteiger partial charge in [0, 0.05) is 6.54 Å². The molecule has 0 aliphatic carbocycles. The number of rotatable bonds is 7. The summed E-state index contributed by atoms with van der Waals surface area (Å²) < 4.78 is 10.5. The number of ether oxygens (including phenoxy) is 2. The first-order chi connectivity index (χ1) is 10.9. The van der Waals surface area contributed by atoms with Crippen LogP contribution in [0.2, 0.25) is 0 Å². The fourth-order valence-corrected chi connectivity index (χ4v) is 2.20. The van der Waals surface area contributed by atoms with Gasteiger partial charge in [0.05, 0.1) is 13.7 Å². The summed E-state index contributed by atoms with van der Waals surface area (Å²) in [5.41, 5.74) is 0. The molecule has 0 aromatic heterocycles. The van der Waals surface area contributed by atoms with E-state index in [1.807, 2.05) is 13.8 Å². The van der Waals surface area contributed by atoms with Gasteiger partial charge in [0.15, 0.2) is 0 Å². The number of carbonyl (C=O) groups excluding carboxylic acids is 3. The predicted molar refractivity (Wildman–Crippen MR) is 82.1 cm³/mol. The lowest BCUT2D eigenvalue weighted by atomic mass is 10.2. The van der Waals surface area contributed by atoms with E-state index >= 15 is 0 Å². The standard InChI is InChI=1S/C16H20N2O5/c1-11(2)10-18-15(20)14(19)17(16(18)21)8-9-23-13-6-4-12(22-3)5-7-13/h4-7,11H,8-10H2,1-3H3. The molecule has 0 spiro atoms. The third kappa shape index (κ3) is 3.80. The van der Waals surface area contributed by atoms with Crippen molar-refractivity contribution in [2.75, 3.05) is 26.8 Å². The Hall–Kier alpha value is -2.57. The van der Waals surface area contributed by atoms with Crippen LogP contribution in [0.15, 0.2) is 24.3 Å². The monoisotopic (exact) mass is 320 g/mol. The molecule has 0 N–H and O–H groups in total. The lowest BCUT2D eigenvalue weighted by molar-refractivity contribution is -0.143. The van der Waals surface area contributed by atoms with Crippen LogP contribution in [0.1, 0.15) is 13.8 Å². The maximum Gasteiger partial charge on any atom is 0.334 e. The van der Waals surface area contributed by atoms with E-state index in [9.17, 15) is 14.4 Å². The van der Waals surface area contributed by atoms with Crippen LogP contribution in [0, 0.1) is 5.92 Å². The quantitative estimate of drug-likeness (QED) is 0.562. The number of amides is 4.